The summed E-state index contributed by atoms with van der Waals surface area (Å²) in [5.41, 5.74) is 1.72. The highest BCUT2D eigenvalue weighted by atomic mass is 32.2. The van der Waals surface area contributed by atoms with E-state index in [9.17, 15) is 14.4 Å². The predicted octanol–water partition coefficient (Wildman–Crippen LogP) is 3.68. The second kappa shape index (κ2) is 9.87. The molecule has 32 heavy (non-hydrogen) atoms. The number of likely N-dealkylation sites (tertiary alicyclic amines) is 1. The molecule has 168 valence electrons. The topological polar surface area (TPSA) is 92.4 Å². The number of rotatable bonds is 6. The number of piperidine rings is 1. The van der Waals surface area contributed by atoms with E-state index in [1.807, 2.05) is 47.5 Å². The van der Waals surface area contributed by atoms with E-state index in [0.29, 0.717) is 47.7 Å². The maximum absolute atomic E-state index is 12.8. The quantitative estimate of drug-likeness (QED) is 0.552. The minimum absolute atomic E-state index is 0.0456. The molecule has 0 radical (unpaired) electrons. The Balaban J connectivity index is 1.39. The van der Waals surface area contributed by atoms with Gasteiger partial charge in [0.1, 0.15) is 10.7 Å². The van der Waals surface area contributed by atoms with Crippen molar-refractivity contribution in [1.29, 1.82) is 0 Å². The number of aromatic amines is 1. The van der Waals surface area contributed by atoms with Gasteiger partial charge in [-0.15, -0.1) is 23.1 Å². The Bertz CT molecular complexity index is 1170. The lowest BCUT2D eigenvalue weighted by Gasteiger charge is -2.32. The minimum atomic E-state index is -0.270. The van der Waals surface area contributed by atoms with Crippen LogP contribution in [0.4, 0.5) is 0 Å². The fourth-order valence-electron chi connectivity index (χ4n) is 3.93. The maximum Gasteiger partial charge on any atom is 0.308 e. The molecule has 1 amide bonds. The number of carbonyl (C=O) groups excluding carboxylic acids is 2. The van der Waals surface area contributed by atoms with Crippen molar-refractivity contribution >= 4 is 45.2 Å². The van der Waals surface area contributed by atoms with Crippen molar-refractivity contribution in [2.45, 2.75) is 30.8 Å². The molecular formula is C23H25N3O4S2. The number of esters is 1. The van der Waals surface area contributed by atoms with Crippen molar-refractivity contribution in [3.8, 4) is 11.1 Å². The molecule has 1 atom stereocenters. The summed E-state index contributed by atoms with van der Waals surface area (Å²) in [6.45, 7) is 2.98. The zero-order valence-electron chi connectivity index (χ0n) is 18.0. The molecule has 1 aliphatic heterocycles. The molecule has 1 aliphatic rings. The van der Waals surface area contributed by atoms with Crippen LogP contribution in [0.5, 0.6) is 0 Å². The number of H-pyrrole nitrogens is 1. The highest BCUT2D eigenvalue weighted by Crippen LogP contribution is 2.31. The molecule has 2 aromatic heterocycles. The largest absolute Gasteiger partial charge is 0.469 e. The highest BCUT2D eigenvalue weighted by Gasteiger charge is 2.30. The molecule has 0 unspecified atom stereocenters. The fourth-order valence-corrected chi connectivity index (χ4v) is 5.73. The van der Waals surface area contributed by atoms with E-state index in [4.69, 9.17) is 4.74 Å². The van der Waals surface area contributed by atoms with E-state index in [1.165, 1.54) is 30.2 Å². The van der Waals surface area contributed by atoms with Gasteiger partial charge in [0.05, 0.1) is 29.4 Å². The van der Waals surface area contributed by atoms with Gasteiger partial charge in [-0.3, -0.25) is 14.4 Å². The lowest BCUT2D eigenvalue weighted by Crippen LogP contribution is -2.43. The summed E-state index contributed by atoms with van der Waals surface area (Å²) in [4.78, 5) is 47.3. The normalized spacial score (nSPS) is 15.6. The molecule has 0 spiro atoms. The number of hydrogen-bond donors (Lipinski definition) is 1. The van der Waals surface area contributed by atoms with Crippen LogP contribution in [0.2, 0.25) is 0 Å². The van der Waals surface area contributed by atoms with Gasteiger partial charge in [0.25, 0.3) is 5.56 Å². The average Bonchev–Trinajstić information content (AvgIpc) is 3.27. The summed E-state index contributed by atoms with van der Waals surface area (Å²) in [7, 11) is 1.40. The van der Waals surface area contributed by atoms with E-state index in [1.54, 1.807) is 0 Å². The molecule has 0 saturated carbocycles. The molecule has 7 nitrogen and oxygen atoms in total. The van der Waals surface area contributed by atoms with Gasteiger partial charge in [0.15, 0.2) is 0 Å². The van der Waals surface area contributed by atoms with Crippen LogP contribution in [0, 0.1) is 5.92 Å². The van der Waals surface area contributed by atoms with E-state index >= 15 is 0 Å². The van der Waals surface area contributed by atoms with Crippen LogP contribution >= 0.6 is 23.1 Å². The number of thiophene rings is 1. The molecule has 1 fully saturated rings. The molecule has 1 N–H and O–H groups in total. The second-order valence-electron chi connectivity index (χ2n) is 7.78. The molecule has 1 saturated heterocycles. The van der Waals surface area contributed by atoms with Crippen LogP contribution in [0.1, 0.15) is 25.6 Å². The van der Waals surface area contributed by atoms with Gasteiger partial charge in [-0.2, -0.15) is 0 Å². The maximum atomic E-state index is 12.8. The van der Waals surface area contributed by atoms with Crippen molar-refractivity contribution in [1.82, 2.24) is 14.9 Å². The Morgan fingerprint density at radius 2 is 2.00 bits per heavy atom. The number of amides is 1. The molecular weight excluding hydrogens is 446 g/mol. The smallest absolute Gasteiger partial charge is 0.308 e. The summed E-state index contributed by atoms with van der Waals surface area (Å²) in [5.74, 6) is 0.728. The van der Waals surface area contributed by atoms with Gasteiger partial charge in [-0.1, -0.05) is 30.3 Å². The van der Waals surface area contributed by atoms with Gasteiger partial charge >= 0.3 is 5.97 Å². The van der Waals surface area contributed by atoms with Gasteiger partial charge in [0.2, 0.25) is 5.91 Å². The van der Waals surface area contributed by atoms with Crippen molar-refractivity contribution < 1.29 is 14.3 Å². The van der Waals surface area contributed by atoms with Crippen LogP contribution in [-0.2, 0) is 20.1 Å². The number of carbonyl (C=O) groups is 2. The van der Waals surface area contributed by atoms with Crippen LogP contribution in [0.15, 0.2) is 40.5 Å². The van der Waals surface area contributed by atoms with Gasteiger partial charge in [-0.25, -0.2) is 4.98 Å². The third-order valence-corrected chi connectivity index (χ3v) is 7.75. The van der Waals surface area contributed by atoms with Crippen molar-refractivity contribution in [3.63, 3.8) is 0 Å². The zero-order chi connectivity index (χ0) is 22.7. The Hall–Kier alpha value is -2.65. The van der Waals surface area contributed by atoms with Gasteiger partial charge < -0.3 is 14.6 Å². The third kappa shape index (κ3) is 4.73. The summed E-state index contributed by atoms with van der Waals surface area (Å²) in [5, 5.41) is 2.30. The van der Waals surface area contributed by atoms with E-state index in [2.05, 4.69) is 9.97 Å². The molecule has 9 heteroatoms. The molecule has 1 aromatic carbocycles. The first-order valence-corrected chi connectivity index (χ1v) is 12.4. The van der Waals surface area contributed by atoms with Gasteiger partial charge in [-0.05, 0) is 25.3 Å². The van der Waals surface area contributed by atoms with Crippen molar-refractivity contribution in [3.05, 3.63) is 51.9 Å². The summed E-state index contributed by atoms with van der Waals surface area (Å²) in [6.07, 6.45) is 1.26. The first-order valence-electron chi connectivity index (χ1n) is 10.5. The first-order chi connectivity index (χ1) is 15.5. The van der Waals surface area contributed by atoms with Crippen molar-refractivity contribution in [2.24, 2.45) is 5.92 Å². The SMILES string of the molecule is COC(=O)C1CCN(C(=O)[C@@H](C)SCc2nc3scc(-c4ccccc4)c3c(=O)[nH]2)CC1. The van der Waals surface area contributed by atoms with Crippen LogP contribution in [0.25, 0.3) is 21.3 Å². The number of hydrogen-bond acceptors (Lipinski definition) is 7. The molecule has 3 heterocycles. The second-order valence-corrected chi connectivity index (χ2v) is 9.97. The fraction of sp³-hybridized carbons (Fsp3) is 0.391. The van der Waals surface area contributed by atoms with Crippen LogP contribution in [0.3, 0.4) is 0 Å². The average molecular weight is 472 g/mol. The van der Waals surface area contributed by atoms with Crippen molar-refractivity contribution in [2.75, 3.05) is 20.2 Å². The molecule has 4 rings (SSSR count). The van der Waals surface area contributed by atoms with Crippen LogP contribution in [-0.4, -0.2) is 52.2 Å². The standard InChI is InChI=1S/C23H25N3O4S2/c1-14(22(28)26-10-8-16(9-11-26)23(29)30-2)31-13-18-24-20(27)19-17(12-32-21(19)25-18)15-6-4-3-5-7-15/h3-7,12,14,16H,8-11,13H2,1-2H3,(H,24,25,27)/t14-/m1/s1. The van der Waals surface area contributed by atoms with E-state index < -0.39 is 0 Å². The Morgan fingerprint density at radius 3 is 2.69 bits per heavy atom. The Morgan fingerprint density at radius 1 is 1.28 bits per heavy atom. The third-order valence-electron chi connectivity index (χ3n) is 5.74. The number of ether oxygens (including phenoxy) is 1. The van der Waals surface area contributed by atoms with E-state index in [0.717, 1.165) is 11.1 Å². The monoisotopic (exact) mass is 471 g/mol. The number of aromatic nitrogens is 2. The van der Waals surface area contributed by atoms with Crippen LogP contribution < -0.4 is 5.56 Å². The molecule has 0 bridgehead atoms. The number of fused-ring (bicyclic) bond motifs is 1. The lowest BCUT2D eigenvalue weighted by atomic mass is 9.97. The zero-order valence-corrected chi connectivity index (χ0v) is 19.6. The molecule has 0 aliphatic carbocycles. The van der Waals surface area contributed by atoms with Gasteiger partial charge in [0, 0.05) is 24.0 Å². The number of methoxy groups -OCH3 is 1. The van der Waals surface area contributed by atoms with E-state index in [-0.39, 0.29) is 28.6 Å². The number of nitrogens with zero attached hydrogens (tertiary/aromatic N) is 2. The minimum Gasteiger partial charge on any atom is -0.469 e. The number of benzene rings is 1. The molecule has 3 aromatic rings. The number of nitrogens with one attached hydrogen (secondary N) is 1. The summed E-state index contributed by atoms with van der Waals surface area (Å²) >= 11 is 2.90. The number of thioether (sulfide) groups is 1. The first kappa shape index (κ1) is 22.5. The summed E-state index contributed by atoms with van der Waals surface area (Å²) < 4.78 is 4.81. The lowest BCUT2D eigenvalue weighted by molar-refractivity contribution is -0.148. The summed E-state index contributed by atoms with van der Waals surface area (Å²) in [6, 6.07) is 9.79. The Kier molecular flexibility index (Phi) is 6.95. The highest BCUT2D eigenvalue weighted by molar-refractivity contribution is 7.99. The Labute approximate surface area is 194 Å². The predicted molar refractivity (Wildman–Crippen MR) is 128 cm³/mol.